The van der Waals surface area contributed by atoms with Crippen molar-refractivity contribution in [3.05, 3.63) is 34.8 Å². The average Bonchev–Trinajstić information content (AvgIpc) is 2.64. The van der Waals surface area contributed by atoms with Gasteiger partial charge in [0.05, 0.1) is 5.56 Å². The maximum absolute atomic E-state index is 10.8. The largest absolute Gasteiger partial charge is 0.508 e. The summed E-state index contributed by atoms with van der Waals surface area (Å²) >= 11 is 1.45. The number of phenolic OH excluding ortho intramolecular Hbond substituents is 1. The van der Waals surface area contributed by atoms with Gasteiger partial charge in [-0.25, -0.2) is 9.78 Å². The summed E-state index contributed by atoms with van der Waals surface area (Å²) in [6, 6.07) is 4.22. The number of thiazole rings is 1. The Morgan fingerprint density at radius 3 is 2.69 bits per heavy atom. The van der Waals surface area contributed by atoms with Gasteiger partial charge in [0.25, 0.3) is 0 Å². The number of hydrogen-bond donors (Lipinski definition) is 2. The van der Waals surface area contributed by atoms with Gasteiger partial charge in [0.15, 0.2) is 0 Å². The minimum atomic E-state index is -1.06. The molecule has 16 heavy (non-hydrogen) atoms. The van der Waals surface area contributed by atoms with Crippen molar-refractivity contribution in [3.63, 3.8) is 0 Å². The lowest BCUT2D eigenvalue weighted by Gasteiger charge is -2.00. The van der Waals surface area contributed by atoms with E-state index in [9.17, 15) is 9.90 Å². The zero-order valence-corrected chi connectivity index (χ0v) is 9.28. The molecule has 0 bridgehead atoms. The average molecular weight is 235 g/mol. The Bertz CT molecular complexity index is 548. The number of phenols is 1. The molecule has 0 radical (unpaired) electrons. The van der Waals surface area contributed by atoms with Gasteiger partial charge in [-0.05, 0) is 25.1 Å². The molecule has 82 valence electrons. The number of aryl methyl sites for hydroxylation is 1. The van der Waals surface area contributed by atoms with Crippen LogP contribution in [-0.2, 0) is 0 Å². The third kappa shape index (κ3) is 2.04. The van der Waals surface area contributed by atoms with E-state index in [0.717, 1.165) is 4.88 Å². The highest BCUT2D eigenvalue weighted by Crippen LogP contribution is 2.28. The van der Waals surface area contributed by atoms with E-state index in [1.807, 2.05) is 6.92 Å². The number of carboxylic acid groups (broad SMARTS) is 1. The van der Waals surface area contributed by atoms with E-state index in [2.05, 4.69) is 4.98 Å². The standard InChI is InChI=1S/C11H9NO3S/c1-6-5-12-10(16-6)7-2-8(11(14)15)4-9(13)3-7/h2-5,13H,1H3,(H,14,15). The van der Waals surface area contributed by atoms with Crippen molar-refractivity contribution in [1.29, 1.82) is 0 Å². The van der Waals surface area contributed by atoms with Crippen molar-refractivity contribution in [3.8, 4) is 16.3 Å². The maximum Gasteiger partial charge on any atom is 0.335 e. The van der Waals surface area contributed by atoms with Crippen LogP contribution in [0.5, 0.6) is 5.75 Å². The summed E-state index contributed by atoms with van der Waals surface area (Å²) in [5, 5.41) is 19.0. The molecule has 4 nitrogen and oxygen atoms in total. The van der Waals surface area contributed by atoms with E-state index in [1.165, 1.54) is 29.5 Å². The first-order chi connectivity index (χ1) is 7.56. The van der Waals surface area contributed by atoms with Gasteiger partial charge in [0.1, 0.15) is 10.8 Å². The molecule has 2 rings (SSSR count). The van der Waals surface area contributed by atoms with Gasteiger partial charge in [0, 0.05) is 16.6 Å². The number of carboxylic acids is 1. The summed E-state index contributed by atoms with van der Waals surface area (Å²) < 4.78 is 0. The van der Waals surface area contributed by atoms with Gasteiger partial charge in [0.2, 0.25) is 0 Å². The van der Waals surface area contributed by atoms with Crippen LogP contribution in [0, 0.1) is 6.92 Å². The van der Waals surface area contributed by atoms with Gasteiger partial charge in [-0.2, -0.15) is 0 Å². The molecule has 2 aromatic rings. The molecule has 0 aliphatic carbocycles. The second-order valence-corrected chi connectivity index (χ2v) is 4.58. The van der Waals surface area contributed by atoms with Crippen LogP contribution in [0.2, 0.25) is 0 Å². The van der Waals surface area contributed by atoms with Crippen molar-refractivity contribution in [2.45, 2.75) is 6.92 Å². The molecule has 0 atom stereocenters. The molecule has 0 fully saturated rings. The van der Waals surface area contributed by atoms with Crippen molar-refractivity contribution in [1.82, 2.24) is 4.98 Å². The number of aromatic carboxylic acids is 1. The third-order valence-corrected chi connectivity index (χ3v) is 2.99. The smallest absolute Gasteiger partial charge is 0.335 e. The predicted molar refractivity (Wildman–Crippen MR) is 60.9 cm³/mol. The quantitative estimate of drug-likeness (QED) is 0.839. The molecule has 0 unspecified atom stereocenters. The summed E-state index contributed by atoms with van der Waals surface area (Å²) in [7, 11) is 0. The lowest BCUT2D eigenvalue weighted by molar-refractivity contribution is 0.0696. The zero-order valence-electron chi connectivity index (χ0n) is 8.47. The zero-order chi connectivity index (χ0) is 11.7. The second kappa shape index (κ2) is 3.94. The maximum atomic E-state index is 10.8. The summed E-state index contributed by atoms with van der Waals surface area (Å²) in [4.78, 5) is 16.0. The van der Waals surface area contributed by atoms with E-state index >= 15 is 0 Å². The summed E-state index contributed by atoms with van der Waals surface area (Å²) in [6.45, 7) is 1.92. The number of nitrogens with zero attached hydrogens (tertiary/aromatic N) is 1. The highest BCUT2D eigenvalue weighted by atomic mass is 32.1. The van der Waals surface area contributed by atoms with E-state index in [-0.39, 0.29) is 11.3 Å². The number of aromatic nitrogens is 1. The minimum Gasteiger partial charge on any atom is -0.508 e. The highest BCUT2D eigenvalue weighted by Gasteiger charge is 2.09. The molecule has 0 amide bonds. The van der Waals surface area contributed by atoms with Crippen LogP contribution in [-0.4, -0.2) is 21.2 Å². The topological polar surface area (TPSA) is 70.4 Å². The Morgan fingerprint density at radius 1 is 1.38 bits per heavy atom. The van der Waals surface area contributed by atoms with Crippen LogP contribution in [0.1, 0.15) is 15.2 Å². The van der Waals surface area contributed by atoms with Crippen LogP contribution in [0.15, 0.2) is 24.4 Å². The lowest BCUT2D eigenvalue weighted by atomic mass is 10.1. The van der Waals surface area contributed by atoms with Gasteiger partial charge < -0.3 is 10.2 Å². The second-order valence-electron chi connectivity index (χ2n) is 3.35. The lowest BCUT2D eigenvalue weighted by Crippen LogP contribution is -1.95. The monoisotopic (exact) mass is 235 g/mol. The molecule has 1 heterocycles. The Hall–Kier alpha value is -1.88. The Balaban J connectivity index is 2.53. The van der Waals surface area contributed by atoms with Crippen molar-refractivity contribution < 1.29 is 15.0 Å². The number of hydrogen-bond acceptors (Lipinski definition) is 4. The van der Waals surface area contributed by atoms with Gasteiger partial charge >= 0.3 is 5.97 Å². The fraction of sp³-hybridized carbons (Fsp3) is 0.0909. The summed E-state index contributed by atoms with van der Waals surface area (Å²) in [6.07, 6.45) is 1.71. The fourth-order valence-electron chi connectivity index (χ4n) is 1.35. The van der Waals surface area contributed by atoms with E-state index in [1.54, 1.807) is 6.20 Å². The van der Waals surface area contributed by atoms with Crippen molar-refractivity contribution in [2.24, 2.45) is 0 Å². The van der Waals surface area contributed by atoms with Gasteiger partial charge in [-0.3, -0.25) is 0 Å². The van der Waals surface area contributed by atoms with Crippen LogP contribution < -0.4 is 0 Å². The minimum absolute atomic E-state index is 0.0582. The van der Waals surface area contributed by atoms with Gasteiger partial charge in [-0.1, -0.05) is 0 Å². The molecule has 1 aromatic heterocycles. The van der Waals surface area contributed by atoms with Crippen molar-refractivity contribution in [2.75, 3.05) is 0 Å². The molecular formula is C11H9NO3S. The third-order valence-electron chi connectivity index (χ3n) is 2.03. The van der Waals surface area contributed by atoms with Gasteiger partial charge in [-0.15, -0.1) is 11.3 Å². The van der Waals surface area contributed by atoms with Crippen LogP contribution in [0.3, 0.4) is 0 Å². The van der Waals surface area contributed by atoms with E-state index in [4.69, 9.17) is 5.11 Å². The highest BCUT2D eigenvalue weighted by molar-refractivity contribution is 7.14. The number of benzene rings is 1. The number of carbonyl (C=O) groups is 1. The molecule has 0 aliphatic heterocycles. The number of rotatable bonds is 2. The number of aromatic hydroxyl groups is 1. The van der Waals surface area contributed by atoms with E-state index < -0.39 is 5.97 Å². The molecule has 1 aromatic carbocycles. The first-order valence-electron chi connectivity index (χ1n) is 4.56. The Kier molecular flexibility index (Phi) is 2.62. The Labute approximate surface area is 95.8 Å². The van der Waals surface area contributed by atoms with Crippen LogP contribution >= 0.6 is 11.3 Å². The summed E-state index contributed by atoms with van der Waals surface area (Å²) in [5.41, 5.74) is 0.679. The Morgan fingerprint density at radius 2 is 2.12 bits per heavy atom. The molecule has 0 saturated heterocycles. The van der Waals surface area contributed by atoms with Crippen molar-refractivity contribution >= 4 is 17.3 Å². The van der Waals surface area contributed by atoms with Crippen LogP contribution in [0.25, 0.3) is 10.6 Å². The normalized spacial score (nSPS) is 10.3. The van der Waals surface area contributed by atoms with E-state index in [0.29, 0.717) is 10.6 Å². The molecule has 0 aliphatic rings. The fourth-order valence-corrected chi connectivity index (χ4v) is 2.10. The molecule has 0 spiro atoms. The molecule has 2 N–H and O–H groups in total. The SMILES string of the molecule is Cc1cnc(-c2cc(O)cc(C(=O)O)c2)s1. The first-order valence-corrected chi connectivity index (χ1v) is 5.38. The molecular weight excluding hydrogens is 226 g/mol. The first kappa shape index (κ1) is 10.6. The summed E-state index contributed by atoms with van der Waals surface area (Å²) in [5.74, 6) is -1.13. The predicted octanol–water partition coefficient (Wildman–Crippen LogP) is 2.52. The molecule has 5 heteroatoms. The molecule has 0 saturated carbocycles. The van der Waals surface area contributed by atoms with Crippen LogP contribution in [0.4, 0.5) is 0 Å².